The highest BCUT2D eigenvalue weighted by Gasteiger charge is 2.53. The average Bonchev–Trinajstić information content (AvgIpc) is 3.45. The molecule has 0 saturated heterocycles. The van der Waals surface area contributed by atoms with Gasteiger partial charge in [0.2, 0.25) is 5.91 Å². The summed E-state index contributed by atoms with van der Waals surface area (Å²) in [4.78, 5) is 33.4. The predicted molar refractivity (Wildman–Crippen MR) is 139 cm³/mol. The number of nitrogens with two attached hydrogens (primary N) is 1. The second kappa shape index (κ2) is 10.5. The topological polar surface area (TPSA) is 116 Å². The molecule has 3 unspecified atom stereocenters. The molecule has 3 atom stereocenters. The summed E-state index contributed by atoms with van der Waals surface area (Å²) in [6.07, 6.45) is -1.34. The van der Waals surface area contributed by atoms with Crippen LogP contribution < -0.4 is 11.1 Å². The Labute approximate surface area is 239 Å². The van der Waals surface area contributed by atoms with Gasteiger partial charge in [0, 0.05) is 29.1 Å². The van der Waals surface area contributed by atoms with Crippen LogP contribution in [0.2, 0.25) is 0 Å². The molecular weight excluding hydrogens is 578 g/mol. The van der Waals surface area contributed by atoms with Crippen molar-refractivity contribution < 1.29 is 35.9 Å². The Hall–Kier alpha value is -4.75. The van der Waals surface area contributed by atoms with E-state index in [4.69, 9.17) is 5.73 Å². The molecule has 1 fully saturated rings. The lowest BCUT2D eigenvalue weighted by Crippen LogP contribution is -2.34. The number of amides is 2. The summed E-state index contributed by atoms with van der Waals surface area (Å²) < 4.78 is 84.6. The van der Waals surface area contributed by atoms with E-state index >= 15 is 0 Å². The normalized spacial score (nSPS) is 17.7. The van der Waals surface area contributed by atoms with Gasteiger partial charge in [-0.3, -0.25) is 14.3 Å². The average molecular weight is 601 g/mol. The maximum Gasteiger partial charge on any atom is 0.435 e. The minimum absolute atomic E-state index is 0.101. The lowest BCUT2D eigenvalue weighted by Gasteiger charge is -2.22. The van der Waals surface area contributed by atoms with E-state index in [-0.39, 0.29) is 46.2 Å². The predicted octanol–water partition coefficient (Wildman–Crippen LogP) is 4.63. The largest absolute Gasteiger partial charge is 0.435 e. The molecule has 0 radical (unpaired) electrons. The number of nitrogens with one attached hydrogen (secondary N) is 1. The van der Waals surface area contributed by atoms with Crippen LogP contribution in [0.1, 0.15) is 56.9 Å². The van der Waals surface area contributed by atoms with Crippen LogP contribution in [0.4, 0.5) is 26.3 Å². The Morgan fingerprint density at radius 2 is 1.84 bits per heavy atom. The van der Waals surface area contributed by atoms with Crippen molar-refractivity contribution in [2.45, 2.75) is 43.9 Å². The number of carbonyl (C=O) groups excluding carboxylic acids is 2. The van der Waals surface area contributed by atoms with Gasteiger partial charge < -0.3 is 11.1 Å². The van der Waals surface area contributed by atoms with Crippen LogP contribution >= 0.6 is 0 Å². The van der Waals surface area contributed by atoms with Crippen LogP contribution in [-0.2, 0) is 30.4 Å². The highest BCUT2D eigenvalue weighted by atomic mass is 19.4. The number of hydrogen-bond acceptors (Lipinski definition) is 5. The summed E-state index contributed by atoms with van der Waals surface area (Å²) in [5.41, 5.74) is 5.16. The zero-order valence-electron chi connectivity index (χ0n) is 22.1. The molecule has 2 aliphatic rings. The smallest absolute Gasteiger partial charge is 0.366 e. The van der Waals surface area contributed by atoms with Crippen molar-refractivity contribution in [2.75, 3.05) is 0 Å². The van der Waals surface area contributed by atoms with Gasteiger partial charge in [0.05, 0.1) is 17.3 Å². The fraction of sp³-hybridized carbons (Fsp3) is 0.276. The maximum atomic E-state index is 14.2. The maximum absolute atomic E-state index is 14.2. The van der Waals surface area contributed by atoms with Gasteiger partial charge in [0.15, 0.2) is 5.69 Å². The fourth-order valence-corrected chi connectivity index (χ4v) is 5.81. The van der Waals surface area contributed by atoms with Crippen molar-refractivity contribution in [3.8, 4) is 11.1 Å². The van der Waals surface area contributed by atoms with Crippen molar-refractivity contribution in [2.24, 2.45) is 11.7 Å². The second-order valence-corrected chi connectivity index (χ2v) is 10.7. The van der Waals surface area contributed by atoms with E-state index < -0.39 is 59.3 Å². The zero-order valence-corrected chi connectivity index (χ0v) is 22.1. The van der Waals surface area contributed by atoms with Gasteiger partial charge in [-0.1, -0.05) is 6.07 Å². The Bertz CT molecular complexity index is 1750. The van der Waals surface area contributed by atoms with E-state index in [9.17, 15) is 35.9 Å². The first kappa shape index (κ1) is 28.4. The molecule has 43 heavy (non-hydrogen) atoms. The minimum atomic E-state index is -4.68. The number of aromatic nitrogens is 4. The molecule has 222 valence electrons. The number of halogens is 6. The molecule has 8 nitrogen and oxygen atoms in total. The molecule has 6 rings (SSSR count). The van der Waals surface area contributed by atoms with E-state index in [0.29, 0.717) is 24.6 Å². The number of fused-ring (bicyclic) bond motifs is 3. The molecule has 0 bridgehead atoms. The number of carbonyl (C=O) groups is 2. The zero-order chi connectivity index (χ0) is 30.6. The van der Waals surface area contributed by atoms with Crippen LogP contribution in [0.15, 0.2) is 48.9 Å². The molecule has 4 aromatic rings. The van der Waals surface area contributed by atoms with Crippen molar-refractivity contribution in [1.29, 1.82) is 0 Å². The Kier molecular flexibility index (Phi) is 6.93. The number of primary amides is 1. The lowest BCUT2D eigenvalue weighted by atomic mass is 9.95. The summed E-state index contributed by atoms with van der Waals surface area (Å²) in [5.74, 6) is -4.47. The molecule has 2 heterocycles. The SMILES string of the molecule is NC(=O)c1cc(-c2cncnc2C(Cc2cc(F)cc(F)c2)NC(=O)Cn2nc(C(F)(F)F)c3c2CC2CC32)ccc1F. The number of alkyl halides is 3. The number of hydrogen-bond donors (Lipinski definition) is 2. The molecule has 1 saturated carbocycles. The molecule has 2 aromatic carbocycles. The third kappa shape index (κ3) is 5.56. The molecule has 2 aromatic heterocycles. The van der Waals surface area contributed by atoms with E-state index in [1.54, 1.807) is 0 Å². The molecule has 2 amide bonds. The summed E-state index contributed by atoms with van der Waals surface area (Å²) in [6.45, 7) is -0.547. The first-order valence-corrected chi connectivity index (χ1v) is 13.2. The quantitative estimate of drug-likeness (QED) is 0.286. The van der Waals surface area contributed by atoms with Crippen LogP contribution in [0, 0.1) is 23.4 Å². The Balaban J connectivity index is 1.36. The molecule has 0 spiro atoms. The summed E-state index contributed by atoms with van der Waals surface area (Å²) >= 11 is 0. The lowest BCUT2D eigenvalue weighted by molar-refractivity contribution is -0.142. The highest BCUT2D eigenvalue weighted by Crippen LogP contribution is 2.59. The summed E-state index contributed by atoms with van der Waals surface area (Å²) in [7, 11) is 0. The van der Waals surface area contributed by atoms with Crippen molar-refractivity contribution >= 4 is 11.8 Å². The molecule has 14 heteroatoms. The van der Waals surface area contributed by atoms with Crippen LogP contribution in [0.5, 0.6) is 0 Å². The van der Waals surface area contributed by atoms with E-state index in [0.717, 1.165) is 29.2 Å². The highest BCUT2D eigenvalue weighted by molar-refractivity contribution is 5.94. The monoisotopic (exact) mass is 600 g/mol. The van der Waals surface area contributed by atoms with Crippen LogP contribution in [0.3, 0.4) is 0 Å². The standard InChI is InChI=1S/C29H22F6N6O2/c30-16-3-13(4-17(31)9-16)5-22(26-20(10-37-12-38-26)14-1-2-21(32)19(6-14)28(36)43)39-24(42)11-41-23-8-15-7-18(15)25(23)27(40-41)29(33,34)35/h1-4,6,9-10,12,15,18,22H,5,7-8,11H2,(H2,36,43)(H,39,42). The number of nitrogens with zero attached hydrogens (tertiary/aromatic N) is 4. The molecule has 3 N–H and O–H groups in total. The van der Waals surface area contributed by atoms with Gasteiger partial charge >= 0.3 is 6.18 Å². The van der Waals surface area contributed by atoms with Gasteiger partial charge in [-0.15, -0.1) is 0 Å². The Morgan fingerprint density at radius 3 is 2.53 bits per heavy atom. The minimum Gasteiger partial charge on any atom is -0.366 e. The van der Waals surface area contributed by atoms with Crippen molar-refractivity contribution in [1.82, 2.24) is 25.1 Å². The van der Waals surface area contributed by atoms with Gasteiger partial charge in [-0.05, 0) is 66.5 Å². The summed E-state index contributed by atoms with van der Waals surface area (Å²) in [6, 6.07) is 5.25. The van der Waals surface area contributed by atoms with Gasteiger partial charge in [0.25, 0.3) is 5.91 Å². The van der Waals surface area contributed by atoms with Crippen molar-refractivity contribution in [3.63, 3.8) is 0 Å². The van der Waals surface area contributed by atoms with E-state index in [1.807, 2.05) is 0 Å². The van der Waals surface area contributed by atoms with Crippen LogP contribution in [-0.4, -0.2) is 31.6 Å². The van der Waals surface area contributed by atoms with Gasteiger partial charge in [0.1, 0.15) is 30.3 Å². The van der Waals surface area contributed by atoms with Crippen LogP contribution in [0.25, 0.3) is 11.1 Å². The first-order chi connectivity index (χ1) is 20.4. The third-order valence-corrected chi connectivity index (χ3v) is 7.72. The third-order valence-electron chi connectivity index (χ3n) is 7.72. The van der Waals surface area contributed by atoms with E-state index in [1.165, 1.54) is 18.3 Å². The Morgan fingerprint density at radius 1 is 1.09 bits per heavy atom. The molecule has 2 aliphatic carbocycles. The number of rotatable bonds is 8. The van der Waals surface area contributed by atoms with E-state index in [2.05, 4.69) is 20.4 Å². The van der Waals surface area contributed by atoms with Gasteiger partial charge in [-0.2, -0.15) is 18.3 Å². The van der Waals surface area contributed by atoms with Gasteiger partial charge in [-0.25, -0.2) is 23.1 Å². The number of benzene rings is 2. The molecular formula is C29H22F6N6O2. The molecule has 0 aliphatic heterocycles. The second-order valence-electron chi connectivity index (χ2n) is 10.7. The van der Waals surface area contributed by atoms with Crippen molar-refractivity contribution in [3.05, 3.63) is 100 Å². The fourth-order valence-electron chi connectivity index (χ4n) is 5.81. The summed E-state index contributed by atoms with van der Waals surface area (Å²) in [5, 5.41) is 6.44. The first-order valence-electron chi connectivity index (χ1n) is 13.2.